The molecular weight excluding hydrogens is 381 g/mol. The number of furan rings is 1. The number of halogens is 1. The highest BCUT2D eigenvalue weighted by molar-refractivity contribution is 6.01. The van der Waals surface area contributed by atoms with Gasteiger partial charge in [0.15, 0.2) is 0 Å². The lowest BCUT2D eigenvalue weighted by atomic mass is 9.96. The lowest BCUT2D eigenvalue weighted by Crippen LogP contribution is -2.25. The standard InChI is InChI=1S/C25H26FNO3/c1-4-29-24-17(3)25-21(22(15-30-25)18-7-9-19(26)10-8-18)14-20(24)16(2)13-23(28)27-11-5-6-12-27/h7-10,13-15H,4-6,11-12H2,1-3H3/b16-13+. The maximum atomic E-state index is 13.4. The number of allylic oxidation sites excluding steroid dienone is 1. The monoisotopic (exact) mass is 407 g/mol. The highest BCUT2D eigenvalue weighted by atomic mass is 19.1. The van der Waals surface area contributed by atoms with Gasteiger partial charge in [-0.25, -0.2) is 4.39 Å². The van der Waals surface area contributed by atoms with E-state index < -0.39 is 0 Å². The number of nitrogens with zero attached hydrogens (tertiary/aromatic N) is 1. The molecule has 156 valence electrons. The lowest BCUT2D eigenvalue weighted by Gasteiger charge is -2.16. The second-order valence-corrected chi connectivity index (χ2v) is 7.70. The van der Waals surface area contributed by atoms with Gasteiger partial charge in [0.25, 0.3) is 0 Å². The molecule has 5 heteroatoms. The second kappa shape index (κ2) is 8.34. The van der Waals surface area contributed by atoms with E-state index in [-0.39, 0.29) is 11.7 Å². The molecule has 2 aromatic carbocycles. The third kappa shape index (κ3) is 3.72. The number of hydrogen-bond donors (Lipinski definition) is 0. The highest BCUT2D eigenvalue weighted by Gasteiger charge is 2.21. The van der Waals surface area contributed by atoms with Crippen molar-refractivity contribution >= 4 is 22.4 Å². The van der Waals surface area contributed by atoms with Crippen molar-refractivity contribution in [1.29, 1.82) is 0 Å². The van der Waals surface area contributed by atoms with E-state index >= 15 is 0 Å². The first-order valence-electron chi connectivity index (χ1n) is 10.4. The number of carbonyl (C=O) groups is 1. The zero-order valence-corrected chi connectivity index (χ0v) is 17.6. The zero-order chi connectivity index (χ0) is 21.3. The van der Waals surface area contributed by atoms with Crippen LogP contribution in [0.25, 0.3) is 27.7 Å². The number of fused-ring (bicyclic) bond motifs is 1. The van der Waals surface area contributed by atoms with Crippen molar-refractivity contribution in [1.82, 2.24) is 4.90 Å². The normalized spacial score (nSPS) is 14.5. The average molecular weight is 407 g/mol. The van der Waals surface area contributed by atoms with Crippen molar-refractivity contribution in [2.45, 2.75) is 33.6 Å². The molecule has 0 unspecified atom stereocenters. The second-order valence-electron chi connectivity index (χ2n) is 7.70. The molecule has 0 bridgehead atoms. The molecule has 1 saturated heterocycles. The first-order chi connectivity index (χ1) is 14.5. The van der Waals surface area contributed by atoms with E-state index in [4.69, 9.17) is 9.15 Å². The molecule has 0 saturated carbocycles. The molecule has 2 heterocycles. The van der Waals surface area contributed by atoms with E-state index in [1.165, 1.54) is 12.1 Å². The molecule has 1 fully saturated rings. The van der Waals surface area contributed by atoms with E-state index in [0.717, 1.165) is 70.5 Å². The number of amides is 1. The molecular formula is C25H26FNO3. The summed E-state index contributed by atoms with van der Waals surface area (Å²) in [6.45, 7) is 7.98. The summed E-state index contributed by atoms with van der Waals surface area (Å²) in [7, 11) is 0. The Morgan fingerprint density at radius 1 is 1.23 bits per heavy atom. The number of benzene rings is 2. The van der Waals surface area contributed by atoms with Gasteiger partial charge in [-0.1, -0.05) is 12.1 Å². The Labute approximate surface area is 175 Å². The predicted molar refractivity (Wildman–Crippen MR) is 117 cm³/mol. The number of carbonyl (C=O) groups excluding carboxylic acids is 1. The molecule has 1 aliphatic heterocycles. The summed E-state index contributed by atoms with van der Waals surface area (Å²) < 4.78 is 25.2. The van der Waals surface area contributed by atoms with Gasteiger partial charge in [-0.05, 0) is 62.9 Å². The fraction of sp³-hybridized carbons (Fsp3) is 0.320. The van der Waals surface area contributed by atoms with Crippen molar-refractivity contribution in [2.24, 2.45) is 0 Å². The summed E-state index contributed by atoms with van der Waals surface area (Å²) in [5.74, 6) is 0.491. The van der Waals surface area contributed by atoms with Crippen LogP contribution in [0, 0.1) is 12.7 Å². The van der Waals surface area contributed by atoms with Gasteiger partial charge in [0.05, 0.1) is 12.9 Å². The van der Waals surface area contributed by atoms with Crippen molar-refractivity contribution in [2.75, 3.05) is 19.7 Å². The van der Waals surface area contributed by atoms with E-state index in [9.17, 15) is 9.18 Å². The van der Waals surface area contributed by atoms with Crippen molar-refractivity contribution in [3.05, 3.63) is 59.6 Å². The molecule has 30 heavy (non-hydrogen) atoms. The van der Waals surface area contributed by atoms with Crippen LogP contribution in [0.2, 0.25) is 0 Å². The first kappa shape index (κ1) is 20.2. The van der Waals surface area contributed by atoms with Crippen molar-refractivity contribution in [3.8, 4) is 16.9 Å². The third-order valence-corrected chi connectivity index (χ3v) is 5.67. The molecule has 0 radical (unpaired) electrons. The van der Waals surface area contributed by atoms with Gasteiger partial charge in [0.2, 0.25) is 5.91 Å². The number of aryl methyl sites for hydroxylation is 1. The molecule has 4 rings (SSSR count). The van der Waals surface area contributed by atoms with Crippen LogP contribution in [0.1, 0.15) is 37.8 Å². The predicted octanol–water partition coefficient (Wildman–Crippen LogP) is 5.97. The summed E-state index contributed by atoms with van der Waals surface area (Å²) in [5.41, 5.74) is 5.11. The maximum absolute atomic E-state index is 13.4. The minimum atomic E-state index is -0.277. The van der Waals surface area contributed by atoms with Gasteiger partial charge >= 0.3 is 0 Å². The largest absolute Gasteiger partial charge is 0.493 e. The van der Waals surface area contributed by atoms with Crippen LogP contribution in [0.3, 0.4) is 0 Å². The minimum absolute atomic E-state index is 0.0381. The van der Waals surface area contributed by atoms with Gasteiger partial charge in [-0.3, -0.25) is 4.79 Å². The maximum Gasteiger partial charge on any atom is 0.246 e. The molecule has 1 amide bonds. The molecule has 1 aliphatic rings. The summed E-state index contributed by atoms with van der Waals surface area (Å²) in [4.78, 5) is 14.6. The molecule has 4 nitrogen and oxygen atoms in total. The van der Waals surface area contributed by atoms with Crippen LogP contribution in [0.5, 0.6) is 5.75 Å². The van der Waals surface area contributed by atoms with Crippen molar-refractivity contribution < 1.29 is 18.3 Å². The summed E-state index contributed by atoms with van der Waals surface area (Å²) >= 11 is 0. The van der Waals surface area contributed by atoms with Gasteiger partial charge in [0, 0.05) is 41.2 Å². The van der Waals surface area contributed by atoms with Crippen LogP contribution in [-0.2, 0) is 4.79 Å². The quantitative estimate of drug-likeness (QED) is 0.489. The Balaban J connectivity index is 1.84. The summed E-state index contributed by atoms with van der Waals surface area (Å²) in [5, 5.41) is 0.916. The summed E-state index contributed by atoms with van der Waals surface area (Å²) in [6.07, 6.45) is 5.51. The fourth-order valence-corrected chi connectivity index (χ4v) is 4.08. The lowest BCUT2D eigenvalue weighted by molar-refractivity contribution is -0.124. The molecule has 0 spiro atoms. The Hall–Kier alpha value is -3.08. The van der Waals surface area contributed by atoms with E-state index in [1.807, 2.05) is 31.7 Å². The molecule has 0 aliphatic carbocycles. The number of ether oxygens (including phenoxy) is 1. The van der Waals surface area contributed by atoms with Crippen LogP contribution >= 0.6 is 0 Å². The zero-order valence-electron chi connectivity index (χ0n) is 17.6. The van der Waals surface area contributed by atoms with E-state index in [2.05, 4.69) is 0 Å². The Morgan fingerprint density at radius 3 is 2.60 bits per heavy atom. The number of likely N-dealkylation sites (tertiary alicyclic amines) is 1. The Kier molecular flexibility index (Phi) is 5.62. The number of hydrogen-bond acceptors (Lipinski definition) is 3. The Morgan fingerprint density at radius 2 is 1.93 bits per heavy atom. The fourth-order valence-electron chi connectivity index (χ4n) is 4.08. The van der Waals surface area contributed by atoms with Gasteiger partial charge in [-0.2, -0.15) is 0 Å². The minimum Gasteiger partial charge on any atom is -0.493 e. The van der Waals surface area contributed by atoms with Gasteiger partial charge in [-0.15, -0.1) is 0 Å². The highest BCUT2D eigenvalue weighted by Crippen LogP contribution is 2.40. The summed E-state index contributed by atoms with van der Waals surface area (Å²) in [6, 6.07) is 8.38. The smallest absolute Gasteiger partial charge is 0.246 e. The van der Waals surface area contributed by atoms with Crippen LogP contribution < -0.4 is 4.74 Å². The first-order valence-corrected chi connectivity index (χ1v) is 10.4. The number of rotatable bonds is 5. The van der Waals surface area contributed by atoms with Gasteiger partial charge < -0.3 is 14.1 Å². The molecule has 0 N–H and O–H groups in total. The topological polar surface area (TPSA) is 42.7 Å². The van der Waals surface area contributed by atoms with Crippen molar-refractivity contribution in [3.63, 3.8) is 0 Å². The van der Waals surface area contributed by atoms with E-state index in [0.29, 0.717) is 6.61 Å². The van der Waals surface area contributed by atoms with Crippen LogP contribution in [-0.4, -0.2) is 30.5 Å². The molecule has 1 aromatic heterocycles. The van der Waals surface area contributed by atoms with E-state index in [1.54, 1.807) is 24.5 Å². The Bertz CT molecular complexity index is 1110. The van der Waals surface area contributed by atoms with Gasteiger partial charge in [0.1, 0.15) is 17.1 Å². The van der Waals surface area contributed by atoms with Crippen LogP contribution in [0.4, 0.5) is 4.39 Å². The molecule has 0 atom stereocenters. The molecule has 3 aromatic rings. The average Bonchev–Trinajstić information content (AvgIpc) is 3.41. The van der Waals surface area contributed by atoms with Crippen LogP contribution in [0.15, 0.2) is 47.1 Å². The third-order valence-electron chi connectivity index (χ3n) is 5.67. The SMILES string of the molecule is CCOc1c(/C(C)=C/C(=O)N2CCCC2)cc2c(-c3ccc(F)cc3)coc2c1C.